The molecule has 4 rings (SSSR count). The van der Waals surface area contributed by atoms with Crippen molar-refractivity contribution in [1.29, 1.82) is 0 Å². The molecule has 0 unspecified atom stereocenters. The van der Waals surface area contributed by atoms with Crippen LogP contribution in [0.1, 0.15) is 49.6 Å². The molecular formula is C28H34N5O6PS. The number of isothiocyanates is 1. The Morgan fingerprint density at radius 2 is 1.93 bits per heavy atom. The lowest BCUT2D eigenvalue weighted by Gasteiger charge is -2.15. The van der Waals surface area contributed by atoms with Crippen LogP contribution in [-0.2, 0) is 28.7 Å². The summed E-state index contributed by atoms with van der Waals surface area (Å²) < 4.78 is 23.8. The van der Waals surface area contributed by atoms with Crippen LogP contribution in [0.25, 0.3) is 21.9 Å². The summed E-state index contributed by atoms with van der Waals surface area (Å²) in [4.78, 5) is 31.9. The zero-order valence-electron chi connectivity index (χ0n) is 22.8. The topological polar surface area (TPSA) is 165 Å². The van der Waals surface area contributed by atoms with Crippen molar-refractivity contribution in [2.75, 3.05) is 25.5 Å². The molecule has 218 valence electrons. The van der Waals surface area contributed by atoms with Crippen molar-refractivity contribution >= 4 is 53.0 Å². The zero-order chi connectivity index (χ0) is 29.4. The highest BCUT2D eigenvalue weighted by atomic mass is 32.1. The number of hydrogen-bond donors (Lipinski definition) is 4. The maximum Gasteiger partial charge on any atom is 0.524 e. The number of phenolic OH excluding ortho intramolecular Hbond substituents is 1. The summed E-state index contributed by atoms with van der Waals surface area (Å²) in [5, 5.41) is 14.1. The number of para-hydroxylation sites is 1. The number of hydrogen-bond acceptors (Lipinski definition) is 9. The molecule has 13 heteroatoms. The second kappa shape index (κ2) is 14.0. The van der Waals surface area contributed by atoms with E-state index in [9.17, 15) is 19.5 Å². The number of nitrogens with two attached hydrogens (primary N) is 1. The number of benzene rings is 2. The normalized spacial score (nSPS) is 11.7. The molecule has 2 heterocycles. The minimum Gasteiger partial charge on any atom is -0.504 e. The van der Waals surface area contributed by atoms with E-state index in [0.717, 1.165) is 59.9 Å². The van der Waals surface area contributed by atoms with E-state index in [4.69, 9.17) is 20.0 Å². The molecule has 0 spiro atoms. The summed E-state index contributed by atoms with van der Waals surface area (Å²) in [6.45, 7) is 4.14. The maximum atomic E-state index is 11.4. The third kappa shape index (κ3) is 7.89. The first kappa shape index (κ1) is 30.6. The fourth-order valence-electron chi connectivity index (χ4n) is 4.69. The number of aromatic nitrogens is 3. The number of pyridine rings is 1. The highest BCUT2D eigenvalue weighted by molar-refractivity contribution is 7.78. The van der Waals surface area contributed by atoms with Gasteiger partial charge in [0, 0.05) is 30.6 Å². The van der Waals surface area contributed by atoms with Gasteiger partial charge in [0.15, 0.2) is 17.3 Å². The van der Waals surface area contributed by atoms with Gasteiger partial charge in [-0.1, -0.05) is 31.5 Å². The van der Waals surface area contributed by atoms with Crippen LogP contribution in [0.3, 0.4) is 0 Å². The lowest BCUT2D eigenvalue weighted by atomic mass is 10.1. The third-order valence-corrected chi connectivity index (χ3v) is 7.17. The number of nitrogen functional groups attached to an aromatic ring is 1. The molecule has 0 fully saturated rings. The Morgan fingerprint density at radius 3 is 2.68 bits per heavy atom. The molecule has 0 saturated heterocycles. The number of imidazole rings is 1. The van der Waals surface area contributed by atoms with Crippen molar-refractivity contribution < 1.29 is 28.7 Å². The van der Waals surface area contributed by atoms with Gasteiger partial charge in [-0.2, -0.15) is 0 Å². The van der Waals surface area contributed by atoms with Gasteiger partial charge in [0.2, 0.25) is 0 Å². The highest BCUT2D eigenvalue weighted by Gasteiger charge is 2.22. The first-order chi connectivity index (χ1) is 19.7. The number of phosphoric ester groups is 1. The number of aliphatic imine (C=N–C) groups is 1. The van der Waals surface area contributed by atoms with Crippen molar-refractivity contribution in [2.45, 2.75) is 52.0 Å². The average molecular weight is 600 g/mol. The van der Waals surface area contributed by atoms with E-state index in [2.05, 4.69) is 40.3 Å². The fraction of sp³-hybridized carbons (Fsp3) is 0.393. The van der Waals surface area contributed by atoms with E-state index in [0.29, 0.717) is 43.1 Å². The molecule has 0 aliphatic heterocycles. The van der Waals surface area contributed by atoms with Crippen LogP contribution in [0.2, 0.25) is 0 Å². The number of phosphoric acid groups is 1. The van der Waals surface area contributed by atoms with Gasteiger partial charge < -0.3 is 24.7 Å². The van der Waals surface area contributed by atoms with Gasteiger partial charge in [-0.05, 0) is 61.7 Å². The van der Waals surface area contributed by atoms with Crippen LogP contribution in [-0.4, -0.2) is 54.3 Å². The summed E-state index contributed by atoms with van der Waals surface area (Å²) >= 11 is 4.57. The van der Waals surface area contributed by atoms with E-state index in [1.54, 1.807) is 12.1 Å². The molecule has 4 aromatic rings. The van der Waals surface area contributed by atoms with Crippen molar-refractivity contribution in [1.82, 2.24) is 14.5 Å². The summed E-state index contributed by atoms with van der Waals surface area (Å²) in [5.74, 6) is 0.448. The fourth-order valence-corrected chi connectivity index (χ4v) is 5.19. The number of ether oxygens (including phenoxy) is 1. The maximum absolute atomic E-state index is 11.4. The van der Waals surface area contributed by atoms with Crippen molar-refractivity contribution in [2.24, 2.45) is 4.99 Å². The van der Waals surface area contributed by atoms with Crippen LogP contribution in [0, 0.1) is 0 Å². The van der Waals surface area contributed by atoms with Crippen LogP contribution in [0.4, 0.5) is 5.82 Å². The van der Waals surface area contributed by atoms with Gasteiger partial charge in [-0.25, -0.2) is 19.5 Å². The number of phenols is 1. The lowest BCUT2D eigenvalue weighted by Crippen LogP contribution is -2.07. The second-order valence-electron chi connectivity index (χ2n) is 9.65. The van der Waals surface area contributed by atoms with Crippen molar-refractivity contribution in [3.05, 3.63) is 53.3 Å². The highest BCUT2D eigenvalue weighted by Crippen LogP contribution is 2.43. The molecule has 0 aliphatic carbocycles. The van der Waals surface area contributed by atoms with E-state index in [1.165, 1.54) is 6.07 Å². The Morgan fingerprint density at radius 1 is 1.12 bits per heavy atom. The number of aromatic hydroxyl groups is 1. The standard InChI is InChI=1S/C28H34N5O6PS/c1-2-3-10-24-32-25-26(33(24)17-20-8-4-9-23(27(20)34)39-40(35,36)37)21-16-19(11-12-22(21)31-28(25)29)7-5-14-38-15-6-13-30-18-41/h4,8-9,11-12,16,34H,2-3,5-7,10,13-15,17H2,1H3,(H2,29,31)(H2,35,36,37). The van der Waals surface area contributed by atoms with E-state index in [1.807, 2.05) is 16.7 Å². The number of anilines is 1. The van der Waals surface area contributed by atoms with Crippen LogP contribution in [0.15, 0.2) is 41.4 Å². The van der Waals surface area contributed by atoms with Gasteiger partial charge in [-0.15, -0.1) is 0 Å². The smallest absolute Gasteiger partial charge is 0.504 e. The molecule has 2 aromatic heterocycles. The van der Waals surface area contributed by atoms with Gasteiger partial charge in [-0.3, -0.25) is 9.79 Å². The molecule has 0 bridgehead atoms. The number of unbranched alkanes of at least 4 members (excludes halogenated alkanes) is 1. The molecule has 0 amide bonds. The third-order valence-electron chi connectivity index (χ3n) is 6.61. The monoisotopic (exact) mass is 599 g/mol. The largest absolute Gasteiger partial charge is 0.524 e. The lowest BCUT2D eigenvalue weighted by molar-refractivity contribution is 0.131. The van der Waals surface area contributed by atoms with Crippen LogP contribution >= 0.6 is 20.0 Å². The second-order valence-corrected chi connectivity index (χ2v) is 11.0. The first-order valence-electron chi connectivity index (χ1n) is 13.5. The van der Waals surface area contributed by atoms with Gasteiger partial charge in [0.05, 0.1) is 29.3 Å². The Hall–Kier alpha value is -3.37. The summed E-state index contributed by atoms with van der Waals surface area (Å²) in [6.07, 6.45) is 4.98. The van der Waals surface area contributed by atoms with Crippen molar-refractivity contribution in [3.8, 4) is 11.5 Å². The molecule has 0 radical (unpaired) electrons. The average Bonchev–Trinajstić information content (AvgIpc) is 3.29. The first-order valence-corrected chi connectivity index (χ1v) is 15.4. The number of fused-ring (bicyclic) bond motifs is 3. The number of aryl methyl sites for hydroxylation is 2. The molecule has 11 nitrogen and oxygen atoms in total. The van der Waals surface area contributed by atoms with Crippen molar-refractivity contribution in [3.63, 3.8) is 0 Å². The van der Waals surface area contributed by atoms with Gasteiger partial charge in [0.25, 0.3) is 0 Å². The Labute approximate surface area is 243 Å². The number of thiocarbonyl (C=S) groups is 1. The summed E-state index contributed by atoms with van der Waals surface area (Å²) in [7, 11) is -4.86. The predicted octanol–water partition coefficient (Wildman–Crippen LogP) is 5.18. The molecular weight excluding hydrogens is 565 g/mol. The van der Waals surface area contributed by atoms with E-state index in [-0.39, 0.29) is 18.0 Å². The SMILES string of the molecule is CCCCc1nc2c(N)nc3ccc(CCCOCCCN=C=S)cc3c2n1Cc1cccc(OP(=O)(O)O)c1O. The van der Waals surface area contributed by atoms with Crippen LogP contribution < -0.4 is 10.3 Å². The van der Waals surface area contributed by atoms with E-state index >= 15 is 0 Å². The molecule has 41 heavy (non-hydrogen) atoms. The minimum atomic E-state index is -4.86. The molecule has 0 aliphatic rings. The zero-order valence-corrected chi connectivity index (χ0v) is 24.5. The molecule has 0 atom stereocenters. The number of rotatable bonds is 15. The molecule has 0 saturated carbocycles. The minimum absolute atomic E-state index is 0.184. The Kier molecular flexibility index (Phi) is 10.4. The molecule has 5 N–H and O–H groups in total. The Balaban J connectivity index is 1.69. The van der Waals surface area contributed by atoms with E-state index < -0.39 is 7.82 Å². The van der Waals surface area contributed by atoms with Gasteiger partial charge >= 0.3 is 7.82 Å². The molecule has 2 aromatic carbocycles. The summed E-state index contributed by atoms with van der Waals surface area (Å²) in [6, 6.07) is 10.6. The van der Waals surface area contributed by atoms with Gasteiger partial charge in [0.1, 0.15) is 11.3 Å². The summed E-state index contributed by atoms with van der Waals surface area (Å²) in [5.41, 5.74) is 9.98. The van der Waals surface area contributed by atoms with Crippen LogP contribution in [0.5, 0.6) is 11.5 Å². The predicted molar refractivity (Wildman–Crippen MR) is 162 cm³/mol. The Bertz CT molecular complexity index is 1620. The quantitative estimate of drug-likeness (QED) is 0.0619. The number of nitrogens with zero attached hydrogens (tertiary/aromatic N) is 4.